The van der Waals surface area contributed by atoms with Crippen LogP contribution in [-0.4, -0.2) is 47.0 Å². The molecule has 0 atom stereocenters. The number of nitrogens with zero attached hydrogens (tertiary/aromatic N) is 3. The number of aromatic nitrogens is 2. The topological polar surface area (TPSA) is 69.3 Å². The van der Waals surface area contributed by atoms with E-state index in [1.54, 1.807) is 4.90 Å². The van der Waals surface area contributed by atoms with Crippen molar-refractivity contribution in [1.82, 2.24) is 14.9 Å². The Morgan fingerprint density at radius 1 is 1.23 bits per heavy atom. The monoisotopic (exact) mass is 318 g/mol. The van der Waals surface area contributed by atoms with Crippen LogP contribution in [0.15, 0.2) is 41.6 Å². The summed E-state index contributed by atoms with van der Waals surface area (Å²) in [4.78, 5) is 34.1. The SMILES string of the molecule is O=C(c1cnc[nH]c1=O)N1CCN(c2cccc(Cl)c2)CC1. The summed E-state index contributed by atoms with van der Waals surface area (Å²) in [5.41, 5.74) is 0.717. The number of carbonyl (C=O) groups excluding carboxylic acids is 1. The summed E-state index contributed by atoms with van der Waals surface area (Å²) >= 11 is 6.00. The molecule has 114 valence electrons. The number of hydrogen-bond donors (Lipinski definition) is 1. The largest absolute Gasteiger partial charge is 0.368 e. The van der Waals surface area contributed by atoms with Gasteiger partial charge in [0.2, 0.25) is 0 Å². The lowest BCUT2D eigenvalue weighted by molar-refractivity contribution is 0.0744. The minimum atomic E-state index is -0.405. The quantitative estimate of drug-likeness (QED) is 0.908. The third-order valence-electron chi connectivity index (χ3n) is 3.69. The lowest BCUT2D eigenvalue weighted by Gasteiger charge is -2.36. The predicted octanol–water partition coefficient (Wildman–Crippen LogP) is 1.39. The maximum atomic E-state index is 12.3. The Morgan fingerprint density at radius 2 is 2.00 bits per heavy atom. The van der Waals surface area contributed by atoms with Crippen LogP contribution in [0.25, 0.3) is 0 Å². The fourth-order valence-electron chi connectivity index (χ4n) is 2.51. The van der Waals surface area contributed by atoms with Gasteiger partial charge in [-0.1, -0.05) is 17.7 Å². The standard InChI is InChI=1S/C15H15ClN4O2/c16-11-2-1-3-12(8-11)19-4-6-20(7-5-19)15(22)13-9-17-10-18-14(13)21/h1-3,8-10H,4-7H2,(H,17,18,21). The Bertz CT molecular complexity index is 738. The number of hydrogen-bond acceptors (Lipinski definition) is 4. The Morgan fingerprint density at radius 3 is 2.68 bits per heavy atom. The van der Waals surface area contributed by atoms with Crippen LogP contribution in [0.4, 0.5) is 5.69 Å². The number of nitrogens with one attached hydrogen (secondary N) is 1. The smallest absolute Gasteiger partial charge is 0.263 e. The van der Waals surface area contributed by atoms with Gasteiger partial charge in [0.15, 0.2) is 0 Å². The number of piperazine rings is 1. The molecule has 0 bridgehead atoms. The zero-order valence-electron chi connectivity index (χ0n) is 11.8. The normalized spacial score (nSPS) is 15.0. The van der Waals surface area contributed by atoms with Gasteiger partial charge in [0.25, 0.3) is 11.5 Å². The van der Waals surface area contributed by atoms with Crippen LogP contribution in [0.2, 0.25) is 5.02 Å². The highest BCUT2D eigenvalue weighted by atomic mass is 35.5. The highest BCUT2D eigenvalue weighted by Crippen LogP contribution is 2.21. The molecule has 1 aromatic carbocycles. The molecule has 22 heavy (non-hydrogen) atoms. The van der Waals surface area contributed by atoms with Crippen molar-refractivity contribution >= 4 is 23.2 Å². The molecule has 0 saturated carbocycles. The Kier molecular flexibility index (Phi) is 4.11. The van der Waals surface area contributed by atoms with Gasteiger partial charge in [-0.2, -0.15) is 0 Å². The van der Waals surface area contributed by atoms with E-state index < -0.39 is 5.56 Å². The van der Waals surface area contributed by atoms with E-state index in [2.05, 4.69) is 14.9 Å². The van der Waals surface area contributed by atoms with Gasteiger partial charge >= 0.3 is 0 Å². The fourth-order valence-corrected chi connectivity index (χ4v) is 2.69. The van der Waals surface area contributed by atoms with Crippen molar-refractivity contribution in [3.63, 3.8) is 0 Å². The van der Waals surface area contributed by atoms with Gasteiger partial charge in [0, 0.05) is 43.1 Å². The molecule has 2 heterocycles. The third-order valence-corrected chi connectivity index (χ3v) is 3.92. The number of rotatable bonds is 2. The average molecular weight is 319 g/mol. The van der Waals surface area contributed by atoms with Crippen LogP contribution in [0.3, 0.4) is 0 Å². The lowest BCUT2D eigenvalue weighted by atomic mass is 10.2. The molecule has 1 N–H and O–H groups in total. The Hall–Kier alpha value is -2.34. The van der Waals surface area contributed by atoms with E-state index in [0.717, 1.165) is 5.69 Å². The van der Waals surface area contributed by atoms with E-state index in [1.165, 1.54) is 12.5 Å². The molecule has 2 aromatic rings. The first-order valence-corrected chi connectivity index (χ1v) is 7.35. The highest BCUT2D eigenvalue weighted by Gasteiger charge is 2.24. The first-order chi connectivity index (χ1) is 10.6. The van der Waals surface area contributed by atoms with Crippen molar-refractivity contribution in [3.8, 4) is 0 Å². The Balaban J connectivity index is 1.68. The van der Waals surface area contributed by atoms with Crippen LogP contribution in [-0.2, 0) is 0 Å². The van der Waals surface area contributed by atoms with Gasteiger partial charge < -0.3 is 14.8 Å². The van der Waals surface area contributed by atoms with Gasteiger partial charge in [-0.15, -0.1) is 0 Å². The number of halogens is 1. The number of anilines is 1. The van der Waals surface area contributed by atoms with Crippen molar-refractivity contribution in [3.05, 3.63) is 57.7 Å². The average Bonchev–Trinajstić information content (AvgIpc) is 2.55. The van der Waals surface area contributed by atoms with Crippen molar-refractivity contribution < 1.29 is 4.79 Å². The van der Waals surface area contributed by atoms with Gasteiger partial charge in [0.05, 0.1) is 6.33 Å². The van der Waals surface area contributed by atoms with E-state index in [0.29, 0.717) is 31.2 Å². The third kappa shape index (κ3) is 2.96. The molecule has 3 rings (SSSR count). The molecule has 1 aliphatic heterocycles. The molecule has 7 heteroatoms. The molecule has 0 spiro atoms. The summed E-state index contributed by atoms with van der Waals surface area (Å²) in [5.74, 6) is -0.278. The minimum Gasteiger partial charge on any atom is -0.368 e. The number of carbonyl (C=O) groups is 1. The number of benzene rings is 1. The molecule has 1 fully saturated rings. The second-order valence-corrected chi connectivity index (χ2v) is 5.49. The summed E-state index contributed by atoms with van der Waals surface area (Å²) in [6.45, 7) is 2.51. The van der Waals surface area contributed by atoms with Gasteiger partial charge in [0.1, 0.15) is 5.56 Å². The molecule has 1 amide bonds. The summed E-state index contributed by atoms with van der Waals surface area (Å²) in [7, 11) is 0. The molecule has 0 aliphatic carbocycles. The lowest BCUT2D eigenvalue weighted by Crippen LogP contribution is -2.49. The first-order valence-electron chi connectivity index (χ1n) is 6.97. The highest BCUT2D eigenvalue weighted by molar-refractivity contribution is 6.30. The van der Waals surface area contributed by atoms with Crippen molar-refractivity contribution in [1.29, 1.82) is 0 Å². The van der Waals surface area contributed by atoms with E-state index in [-0.39, 0.29) is 11.5 Å². The molecule has 1 saturated heterocycles. The van der Waals surface area contributed by atoms with Gasteiger partial charge in [-0.25, -0.2) is 4.98 Å². The van der Waals surface area contributed by atoms with Gasteiger partial charge in [-0.3, -0.25) is 9.59 Å². The zero-order chi connectivity index (χ0) is 15.5. The number of aromatic amines is 1. The maximum Gasteiger partial charge on any atom is 0.263 e. The van der Waals surface area contributed by atoms with E-state index >= 15 is 0 Å². The van der Waals surface area contributed by atoms with E-state index in [4.69, 9.17) is 11.6 Å². The number of H-pyrrole nitrogens is 1. The van der Waals surface area contributed by atoms with E-state index in [1.807, 2.05) is 24.3 Å². The van der Waals surface area contributed by atoms with Crippen LogP contribution in [0.5, 0.6) is 0 Å². The zero-order valence-corrected chi connectivity index (χ0v) is 12.6. The molecule has 1 aliphatic rings. The van der Waals surface area contributed by atoms with Gasteiger partial charge in [-0.05, 0) is 18.2 Å². The number of amides is 1. The molecule has 6 nitrogen and oxygen atoms in total. The van der Waals surface area contributed by atoms with Crippen molar-refractivity contribution in [2.24, 2.45) is 0 Å². The second-order valence-electron chi connectivity index (χ2n) is 5.05. The maximum absolute atomic E-state index is 12.3. The van der Waals surface area contributed by atoms with E-state index in [9.17, 15) is 9.59 Å². The summed E-state index contributed by atoms with van der Waals surface area (Å²) in [6.07, 6.45) is 2.58. The molecular formula is C15H15ClN4O2. The van der Waals surface area contributed by atoms with Crippen LogP contribution < -0.4 is 10.5 Å². The fraction of sp³-hybridized carbons (Fsp3) is 0.267. The predicted molar refractivity (Wildman–Crippen MR) is 84.4 cm³/mol. The first kappa shape index (κ1) is 14.6. The van der Waals surface area contributed by atoms with Crippen LogP contribution >= 0.6 is 11.6 Å². The Labute approximate surface area is 132 Å². The molecule has 0 radical (unpaired) electrons. The van der Waals surface area contributed by atoms with Crippen molar-refractivity contribution in [2.45, 2.75) is 0 Å². The van der Waals surface area contributed by atoms with Crippen molar-refractivity contribution in [2.75, 3.05) is 31.1 Å². The molecule has 0 unspecified atom stereocenters. The summed E-state index contributed by atoms with van der Waals surface area (Å²) < 4.78 is 0. The summed E-state index contributed by atoms with van der Waals surface area (Å²) in [5, 5.41) is 0.692. The summed E-state index contributed by atoms with van der Waals surface area (Å²) in [6, 6.07) is 7.64. The molecule has 1 aromatic heterocycles. The minimum absolute atomic E-state index is 0.0821. The second kappa shape index (κ2) is 6.19. The molecular weight excluding hydrogens is 304 g/mol. The van der Waals surface area contributed by atoms with Crippen LogP contribution in [0, 0.1) is 0 Å². The van der Waals surface area contributed by atoms with Crippen LogP contribution in [0.1, 0.15) is 10.4 Å².